The van der Waals surface area contributed by atoms with Gasteiger partial charge in [-0.2, -0.15) is 0 Å². The lowest BCUT2D eigenvalue weighted by Gasteiger charge is -2.25. The average molecular weight is 274 g/mol. The molecule has 1 aromatic heterocycles. The highest BCUT2D eigenvalue weighted by Gasteiger charge is 2.55. The number of methoxy groups -OCH3 is 1. The van der Waals surface area contributed by atoms with Crippen LogP contribution in [0.4, 0.5) is 0 Å². The van der Waals surface area contributed by atoms with Crippen LogP contribution in [0, 0.1) is 18.3 Å². The van der Waals surface area contributed by atoms with E-state index in [1.54, 1.807) is 0 Å². The lowest BCUT2D eigenvalue weighted by Crippen LogP contribution is -2.36. The summed E-state index contributed by atoms with van der Waals surface area (Å²) in [7, 11) is 1.51. The van der Waals surface area contributed by atoms with E-state index in [1.165, 1.54) is 12.7 Å². The molecule has 0 radical (unpaired) electrons. The van der Waals surface area contributed by atoms with Crippen LogP contribution in [-0.2, 0) is 16.1 Å². The first-order valence-corrected chi connectivity index (χ1v) is 7.37. The van der Waals surface area contributed by atoms with Crippen LogP contribution in [0.25, 0.3) is 0 Å². The minimum atomic E-state index is -0.245. The Kier molecular flexibility index (Phi) is 3.50. The molecule has 2 heterocycles. The summed E-state index contributed by atoms with van der Waals surface area (Å²) in [5.41, 5.74) is 2.09. The van der Waals surface area contributed by atoms with Crippen LogP contribution in [-0.4, -0.2) is 36.1 Å². The molecule has 20 heavy (non-hydrogen) atoms. The van der Waals surface area contributed by atoms with Crippen molar-refractivity contribution in [2.24, 2.45) is 11.3 Å². The van der Waals surface area contributed by atoms with Gasteiger partial charge in [0.25, 0.3) is 0 Å². The first-order valence-electron chi connectivity index (χ1n) is 7.37. The topological polar surface area (TPSA) is 42.4 Å². The number of esters is 1. The van der Waals surface area contributed by atoms with Crippen LogP contribution < -0.4 is 0 Å². The van der Waals surface area contributed by atoms with E-state index in [2.05, 4.69) is 16.0 Å². The van der Waals surface area contributed by atoms with Gasteiger partial charge in [0, 0.05) is 31.5 Å². The first-order chi connectivity index (χ1) is 9.65. The van der Waals surface area contributed by atoms with Crippen molar-refractivity contribution in [3.63, 3.8) is 0 Å². The van der Waals surface area contributed by atoms with Crippen LogP contribution in [0.5, 0.6) is 0 Å². The highest BCUT2D eigenvalue weighted by molar-refractivity contribution is 5.78. The molecule has 4 nitrogen and oxygen atoms in total. The largest absolute Gasteiger partial charge is 0.469 e. The number of nitrogens with zero attached hydrogens (tertiary/aromatic N) is 2. The number of aromatic nitrogens is 1. The van der Waals surface area contributed by atoms with Gasteiger partial charge in [0.2, 0.25) is 0 Å². The van der Waals surface area contributed by atoms with Gasteiger partial charge in [0.15, 0.2) is 0 Å². The number of carbonyl (C=O) groups is 1. The summed E-state index contributed by atoms with van der Waals surface area (Å²) in [4.78, 5) is 19.0. The molecule has 0 spiro atoms. The van der Waals surface area contributed by atoms with Gasteiger partial charge in [-0.05, 0) is 37.3 Å². The molecule has 1 saturated carbocycles. The zero-order valence-electron chi connectivity index (χ0n) is 12.3. The number of carbonyl (C=O) groups excluding carboxylic acids is 1. The Balaban J connectivity index is 1.76. The Hall–Kier alpha value is -1.42. The van der Waals surface area contributed by atoms with E-state index in [1.807, 2.05) is 19.2 Å². The molecule has 2 aliphatic rings. The molecule has 4 heteroatoms. The Morgan fingerprint density at radius 3 is 3.20 bits per heavy atom. The summed E-state index contributed by atoms with van der Waals surface area (Å²) >= 11 is 0. The molecule has 3 rings (SSSR count). The zero-order valence-corrected chi connectivity index (χ0v) is 12.3. The lowest BCUT2D eigenvalue weighted by atomic mass is 9.81. The molecule has 2 atom stereocenters. The predicted molar refractivity (Wildman–Crippen MR) is 76.0 cm³/mol. The fraction of sp³-hybridized carbons (Fsp3) is 0.625. The summed E-state index contributed by atoms with van der Waals surface area (Å²) in [5, 5.41) is 0. The van der Waals surface area contributed by atoms with Gasteiger partial charge in [-0.15, -0.1) is 0 Å². The molecular weight excluding hydrogens is 252 g/mol. The second-order valence-electron chi connectivity index (χ2n) is 6.15. The summed E-state index contributed by atoms with van der Waals surface area (Å²) in [6.45, 7) is 4.76. The predicted octanol–water partition coefficient (Wildman–Crippen LogP) is 2.17. The third kappa shape index (κ3) is 2.12. The quantitative estimate of drug-likeness (QED) is 0.792. The maximum absolute atomic E-state index is 12.2. The minimum absolute atomic E-state index is 0.00888. The maximum atomic E-state index is 12.2. The minimum Gasteiger partial charge on any atom is -0.469 e. The molecule has 1 aliphatic heterocycles. The van der Waals surface area contributed by atoms with Gasteiger partial charge in [-0.1, -0.05) is 12.5 Å². The smallest absolute Gasteiger partial charge is 0.313 e. The molecule has 1 aromatic rings. The monoisotopic (exact) mass is 274 g/mol. The fourth-order valence-corrected chi connectivity index (χ4v) is 3.98. The van der Waals surface area contributed by atoms with Crippen molar-refractivity contribution < 1.29 is 9.53 Å². The summed E-state index contributed by atoms with van der Waals surface area (Å²) < 4.78 is 5.08. The normalized spacial score (nSPS) is 29.4. The van der Waals surface area contributed by atoms with E-state index >= 15 is 0 Å². The van der Waals surface area contributed by atoms with E-state index in [-0.39, 0.29) is 11.4 Å². The SMILES string of the molecule is COC(=O)C12CCCC1CN(Cc1cccnc1C)C2. The molecular formula is C16H22N2O2. The molecule has 108 valence electrons. The molecule has 0 bridgehead atoms. The molecule has 2 unspecified atom stereocenters. The van der Waals surface area contributed by atoms with Crippen molar-refractivity contribution in [2.75, 3.05) is 20.2 Å². The van der Waals surface area contributed by atoms with Gasteiger partial charge in [-0.3, -0.25) is 14.7 Å². The number of likely N-dealkylation sites (tertiary alicyclic amines) is 1. The molecule has 0 N–H and O–H groups in total. The average Bonchev–Trinajstić information content (AvgIpc) is 2.98. The summed E-state index contributed by atoms with van der Waals surface area (Å²) in [6.07, 6.45) is 5.11. The van der Waals surface area contributed by atoms with E-state index in [0.717, 1.165) is 44.6 Å². The van der Waals surface area contributed by atoms with Gasteiger partial charge in [0.05, 0.1) is 12.5 Å². The van der Waals surface area contributed by atoms with Gasteiger partial charge in [-0.25, -0.2) is 0 Å². The number of pyridine rings is 1. The highest BCUT2D eigenvalue weighted by atomic mass is 16.5. The number of hydrogen-bond donors (Lipinski definition) is 0. The van der Waals surface area contributed by atoms with Crippen LogP contribution in [0.2, 0.25) is 0 Å². The fourth-order valence-electron chi connectivity index (χ4n) is 3.98. The van der Waals surface area contributed by atoms with Crippen LogP contribution in [0.15, 0.2) is 18.3 Å². The summed E-state index contributed by atoms with van der Waals surface area (Å²) in [6, 6.07) is 4.11. The second-order valence-corrected chi connectivity index (χ2v) is 6.15. The zero-order chi connectivity index (χ0) is 14.2. The molecule has 0 aromatic carbocycles. The van der Waals surface area contributed by atoms with E-state index in [4.69, 9.17) is 4.74 Å². The summed E-state index contributed by atoms with van der Waals surface area (Å²) in [5.74, 6) is 0.456. The van der Waals surface area contributed by atoms with E-state index in [9.17, 15) is 4.79 Å². The third-order valence-corrected chi connectivity index (χ3v) is 5.04. The molecule has 1 saturated heterocycles. The van der Waals surface area contributed by atoms with E-state index < -0.39 is 0 Å². The maximum Gasteiger partial charge on any atom is 0.313 e. The number of hydrogen-bond acceptors (Lipinski definition) is 4. The molecule has 0 amide bonds. The third-order valence-electron chi connectivity index (χ3n) is 5.04. The van der Waals surface area contributed by atoms with Gasteiger partial charge < -0.3 is 4.74 Å². The number of aryl methyl sites for hydroxylation is 1. The van der Waals surface area contributed by atoms with Gasteiger partial charge in [0.1, 0.15) is 0 Å². The molecule has 1 aliphatic carbocycles. The van der Waals surface area contributed by atoms with Crippen molar-refractivity contribution in [3.05, 3.63) is 29.6 Å². The number of ether oxygens (including phenoxy) is 1. The van der Waals surface area contributed by atoms with Crippen molar-refractivity contribution in [1.82, 2.24) is 9.88 Å². The first kappa shape index (κ1) is 13.6. The highest BCUT2D eigenvalue weighted by Crippen LogP contribution is 2.49. The Morgan fingerprint density at radius 1 is 1.60 bits per heavy atom. The lowest BCUT2D eigenvalue weighted by molar-refractivity contribution is -0.153. The standard InChI is InChI=1S/C16H22N2O2/c1-12-13(5-4-8-17-12)9-18-10-14-6-3-7-16(14,11-18)15(19)20-2/h4-5,8,14H,3,6-7,9-11H2,1-2H3. The van der Waals surface area contributed by atoms with Crippen molar-refractivity contribution >= 4 is 5.97 Å². The van der Waals surface area contributed by atoms with Crippen molar-refractivity contribution in [3.8, 4) is 0 Å². The van der Waals surface area contributed by atoms with Crippen LogP contribution >= 0.6 is 0 Å². The number of fused-ring (bicyclic) bond motifs is 1. The number of rotatable bonds is 3. The van der Waals surface area contributed by atoms with Gasteiger partial charge >= 0.3 is 5.97 Å². The van der Waals surface area contributed by atoms with Crippen molar-refractivity contribution in [2.45, 2.75) is 32.7 Å². The van der Waals surface area contributed by atoms with Crippen molar-refractivity contribution in [1.29, 1.82) is 0 Å². The Labute approximate surface area is 120 Å². The second kappa shape index (κ2) is 5.17. The molecule has 2 fully saturated rings. The van der Waals surface area contributed by atoms with E-state index in [0.29, 0.717) is 5.92 Å². The Bertz CT molecular complexity index is 517. The Morgan fingerprint density at radius 2 is 2.45 bits per heavy atom. The van der Waals surface area contributed by atoms with Crippen LogP contribution in [0.1, 0.15) is 30.5 Å². The van der Waals surface area contributed by atoms with Crippen LogP contribution in [0.3, 0.4) is 0 Å².